The monoisotopic (exact) mass is 336 g/mol. The molecule has 0 atom stereocenters. The minimum atomic E-state index is 0.647. The first kappa shape index (κ1) is 12.8. The Balaban J connectivity index is 2.73. The highest BCUT2D eigenvalue weighted by molar-refractivity contribution is 9.09. The summed E-state index contributed by atoms with van der Waals surface area (Å²) in [6, 6.07) is 5.96. The molecule has 0 bridgehead atoms. The van der Waals surface area contributed by atoms with Gasteiger partial charge in [-0.1, -0.05) is 37.9 Å². The molecule has 84 valence electrons. The summed E-state index contributed by atoms with van der Waals surface area (Å²) in [5.41, 5.74) is 1.17. The number of hydrogen-bond donors (Lipinski definition) is 0. The van der Waals surface area contributed by atoms with Crippen LogP contribution in [0.2, 0.25) is 0 Å². The van der Waals surface area contributed by atoms with Crippen molar-refractivity contribution < 1.29 is 9.47 Å². The van der Waals surface area contributed by atoms with Crippen LogP contribution in [0.15, 0.2) is 18.2 Å². The summed E-state index contributed by atoms with van der Waals surface area (Å²) in [4.78, 5) is 0. The molecule has 1 aromatic rings. The van der Waals surface area contributed by atoms with Gasteiger partial charge in [-0.2, -0.15) is 0 Å². The van der Waals surface area contributed by atoms with E-state index < -0.39 is 0 Å². The standard InChI is InChI=1S/C11H14Br2O2/c1-9-2-3-10(14-6-4-12)11(8-9)15-7-5-13/h2-3,8H,4-7H2,1H3. The molecule has 4 heteroatoms. The number of ether oxygens (including phenoxy) is 2. The van der Waals surface area contributed by atoms with E-state index >= 15 is 0 Å². The van der Waals surface area contributed by atoms with E-state index in [2.05, 4.69) is 31.9 Å². The summed E-state index contributed by atoms with van der Waals surface area (Å²) < 4.78 is 11.1. The summed E-state index contributed by atoms with van der Waals surface area (Å²) >= 11 is 6.65. The molecule has 2 nitrogen and oxygen atoms in total. The summed E-state index contributed by atoms with van der Waals surface area (Å²) in [7, 11) is 0. The highest BCUT2D eigenvalue weighted by Crippen LogP contribution is 2.28. The number of aryl methyl sites for hydroxylation is 1. The van der Waals surface area contributed by atoms with Crippen LogP contribution in [0.4, 0.5) is 0 Å². The van der Waals surface area contributed by atoms with Gasteiger partial charge in [-0.15, -0.1) is 0 Å². The van der Waals surface area contributed by atoms with Crippen LogP contribution in [-0.2, 0) is 0 Å². The molecule has 0 heterocycles. The van der Waals surface area contributed by atoms with E-state index in [9.17, 15) is 0 Å². The lowest BCUT2D eigenvalue weighted by Gasteiger charge is -2.12. The van der Waals surface area contributed by atoms with Gasteiger partial charge in [0.25, 0.3) is 0 Å². The first-order valence-corrected chi connectivity index (χ1v) is 7.00. The lowest BCUT2D eigenvalue weighted by atomic mass is 10.2. The molecule has 0 spiro atoms. The summed E-state index contributed by atoms with van der Waals surface area (Å²) in [5, 5.41) is 1.64. The molecule has 0 aliphatic rings. The average Bonchev–Trinajstić information content (AvgIpc) is 2.25. The fourth-order valence-corrected chi connectivity index (χ4v) is 1.47. The molecular formula is C11H14Br2O2. The Labute approximate surface area is 107 Å². The van der Waals surface area contributed by atoms with Gasteiger partial charge in [-0.3, -0.25) is 0 Å². The second-order valence-corrected chi connectivity index (χ2v) is 4.61. The van der Waals surface area contributed by atoms with Crippen molar-refractivity contribution in [3.63, 3.8) is 0 Å². The summed E-state index contributed by atoms with van der Waals surface area (Å²) in [5.74, 6) is 1.62. The molecule has 0 aliphatic carbocycles. The summed E-state index contributed by atoms with van der Waals surface area (Å²) in [6.07, 6.45) is 0. The first-order chi connectivity index (χ1) is 7.27. The molecule has 0 amide bonds. The molecule has 0 radical (unpaired) electrons. The minimum absolute atomic E-state index is 0.647. The van der Waals surface area contributed by atoms with Crippen LogP contribution in [0.3, 0.4) is 0 Å². The summed E-state index contributed by atoms with van der Waals surface area (Å²) in [6.45, 7) is 3.33. The highest BCUT2D eigenvalue weighted by atomic mass is 79.9. The van der Waals surface area contributed by atoms with Crippen molar-refractivity contribution in [2.24, 2.45) is 0 Å². The van der Waals surface area contributed by atoms with Crippen LogP contribution in [0.5, 0.6) is 11.5 Å². The molecular weight excluding hydrogens is 324 g/mol. The second-order valence-electron chi connectivity index (χ2n) is 3.03. The van der Waals surface area contributed by atoms with Crippen molar-refractivity contribution in [1.29, 1.82) is 0 Å². The predicted molar refractivity (Wildman–Crippen MR) is 69.8 cm³/mol. The zero-order valence-corrected chi connectivity index (χ0v) is 11.8. The van der Waals surface area contributed by atoms with Gasteiger partial charge >= 0.3 is 0 Å². The maximum atomic E-state index is 5.58. The first-order valence-electron chi connectivity index (χ1n) is 4.76. The highest BCUT2D eigenvalue weighted by Gasteiger charge is 2.04. The molecule has 0 aromatic heterocycles. The molecule has 0 aliphatic heterocycles. The van der Waals surface area contributed by atoms with Crippen molar-refractivity contribution in [2.45, 2.75) is 6.92 Å². The van der Waals surface area contributed by atoms with Gasteiger partial charge in [0.1, 0.15) is 0 Å². The normalized spacial score (nSPS) is 10.1. The number of halogens is 2. The van der Waals surface area contributed by atoms with Gasteiger partial charge in [0.05, 0.1) is 13.2 Å². The lowest BCUT2D eigenvalue weighted by molar-refractivity contribution is 0.292. The van der Waals surface area contributed by atoms with Gasteiger partial charge in [-0.05, 0) is 24.6 Å². The molecule has 0 unspecified atom stereocenters. The molecule has 1 aromatic carbocycles. The Morgan fingerprint density at radius 1 is 1.00 bits per heavy atom. The van der Waals surface area contributed by atoms with E-state index in [1.807, 2.05) is 25.1 Å². The van der Waals surface area contributed by atoms with Crippen LogP contribution in [0, 0.1) is 6.92 Å². The molecule has 0 saturated carbocycles. The smallest absolute Gasteiger partial charge is 0.161 e. The number of hydrogen-bond acceptors (Lipinski definition) is 2. The van der Waals surface area contributed by atoms with E-state index in [4.69, 9.17) is 9.47 Å². The van der Waals surface area contributed by atoms with Crippen molar-refractivity contribution in [3.05, 3.63) is 23.8 Å². The second kappa shape index (κ2) is 7.12. The third kappa shape index (κ3) is 4.43. The average molecular weight is 338 g/mol. The third-order valence-corrected chi connectivity index (χ3v) is 2.42. The molecule has 15 heavy (non-hydrogen) atoms. The van der Waals surface area contributed by atoms with Crippen molar-refractivity contribution in [1.82, 2.24) is 0 Å². The zero-order valence-electron chi connectivity index (χ0n) is 8.63. The molecule has 0 N–H and O–H groups in total. The van der Waals surface area contributed by atoms with Crippen LogP contribution < -0.4 is 9.47 Å². The van der Waals surface area contributed by atoms with Crippen LogP contribution >= 0.6 is 31.9 Å². The van der Waals surface area contributed by atoms with Crippen molar-refractivity contribution in [3.8, 4) is 11.5 Å². The van der Waals surface area contributed by atoms with Crippen molar-refractivity contribution in [2.75, 3.05) is 23.9 Å². The van der Waals surface area contributed by atoms with E-state index in [-0.39, 0.29) is 0 Å². The number of rotatable bonds is 6. The molecule has 0 saturated heterocycles. The maximum absolute atomic E-state index is 5.58. The van der Waals surface area contributed by atoms with Gasteiger partial charge in [0, 0.05) is 10.7 Å². The topological polar surface area (TPSA) is 18.5 Å². The Kier molecular flexibility index (Phi) is 6.10. The van der Waals surface area contributed by atoms with Gasteiger partial charge < -0.3 is 9.47 Å². The van der Waals surface area contributed by atoms with E-state index in [0.717, 1.165) is 22.2 Å². The van der Waals surface area contributed by atoms with Gasteiger partial charge in [-0.25, -0.2) is 0 Å². The quantitative estimate of drug-likeness (QED) is 0.739. The Morgan fingerprint density at radius 3 is 2.20 bits per heavy atom. The van der Waals surface area contributed by atoms with E-state index in [1.54, 1.807) is 0 Å². The third-order valence-electron chi connectivity index (χ3n) is 1.77. The van der Waals surface area contributed by atoms with Crippen LogP contribution in [0.1, 0.15) is 5.56 Å². The Hall–Kier alpha value is -0.220. The molecule has 0 fully saturated rings. The lowest BCUT2D eigenvalue weighted by Crippen LogP contribution is -2.03. The fourth-order valence-electron chi connectivity index (χ4n) is 1.14. The number of alkyl halides is 2. The number of benzene rings is 1. The Bertz CT molecular complexity index is 303. The largest absolute Gasteiger partial charge is 0.489 e. The Morgan fingerprint density at radius 2 is 1.60 bits per heavy atom. The van der Waals surface area contributed by atoms with Crippen LogP contribution in [0.25, 0.3) is 0 Å². The SMILES string of the molecule is Cc1ccc(OCCBr)c(OCCBr)c1. The zero-order chi connectivity index (χ0) is 11.1. The predicted octanol–water partition coefficient (Wildman–Crippen LogP) is 3.54. The van der Waals surface area contributed by atoms with E-state index in [1.165, 1.54) is 5.56 Å². The van der Waals surface area contributed by atoms with E-state index in [0.29, 0.717) is 13.2 Å². The van der Waals surface area contributed by atoms with Gasteiger partial charge in [0.2, 0.25) is 0 Å². The maximum Gasteiger partial charge on any atom is 0.161 e. The molecule has 1 rings (SSSR count). The van der Waals surface area contributed by atoms with Gasteiger partial charge in [0.15, 0.2) is 11.5 Å². The fraction of sp³-hybridized carbons (Fsp3) is 0.455. The van der Waals surface area contributed by atoms with Crippen LogP contribution in [-0.4, -0.2) is 23.9 Å². The minimum Gasteiger partial charge on any atom is -0.489 e. The van der Waals surface area contributed by atoms with Crippen molar-refractivity contribution >= 4 is 31.9 Å².